The summed E-state index contributed by atoms with van der Waals surface area (Å²) in [7, 11) is 1.57. The Kier molecular flexibility index (Phi) is 10.7. The van der Waals surface area contributed by atoms with Gasteiger partial charge in [0.25, 0.3) is 5.91 Å². The number of ether oxygens (including phenoxy) is 2. The number of methoxy groups -OCH3 is 1. The fourth-order valence-electron chi connectivity index (χ4n) is 3.70. The highest BCUT2D eigenvalue weighted by Crippen LogP contribution is 2.26. The number of amides is 3. The number of unbranched alkanes of at least 4 members (excludes halogenated alkanes) is 1. The van der Waals surface area contributed by atoms with Gasteiger partial charge in [0.2, 0.25) is 5.91 Å². The maximum Gasteiger partial charge on any atom is 0.408 e. The molecule has 0 bridgehead atoms. The molecule has 0 aliphatic heterocycles. The molecule has 0 spiro atoms. The van der Waals surface area contributed by atoms with Crippen molar-refractivity contribution in [2.24, 2.45) is 0 Å². The molecule has 2 unspecified atom stereocenters. The van der Waals surface area contributed by atoms with E-state index in [9.17, 15) is 14.4 Å². The molecule has 0 aliphatic rings. The smallest absolute Gasteiger partial charge is 0.408 e. The first-order chi connectivity index (χ1) is 17.5. The van der Waals surface area contributed by atoms with Crippen molar-refractivity contribution >= 4 is 29.7 Å². The van der Waals surface area contributed by atoms with Crippen molar-refractivity contribution in [1.82, 2.24) is 10.2 Å². The molecule has 0 heterocycles. The first-order valence-corrected chi connectivity index (χ1v) is 12.5. The number of nitrogens with one attached hydrogen (secondary N) is 2. The van der Waals surface area contributed by atoms with Gasteiger partial charge < -0.3 is 25.0 Å². The molecule has 2 rings (SSSR count). The minimum atomic E-state index is -0.941. The Labute approximate surface area is 220 Å². The number of hydrogen-bond acceptors (Lipinski definition) is 5. The van der Waals surface area contributed by atoms with Gasteiger partial charge >= 0.3 is 6.09 Å². The summed E-state index contributed by atoms with van der Waals surface area (Å²) in [5.41, 5.74) is 1.32. The molecule has 2 aromatic carbocycles. The molecule has 37 heavy (non-hydrogen) atoms. The molecule has 0 aromatic heterocycles. The van der Waals surface area contributed by atoms with Crippen molar-refractivity contribution < 1.29 is 23.9 Å². The van der Waals surface area contributed by atoms with E-state index in [0.29, 0.717) is 30.0 Å². The van der Waals surface area contributed by atoms with Crippen molar-refractivity contribution in [1.29, 1.82) is 0 Å². The van der Waals surface area contributed by atoms with Crippen LogP contribution >= 0.6 is 0 Å². The van der Waals surface area contributed by atoms with E-state index < -0.39 is 29.7 Å². The van der Waals surface area contributed by atoms with E-state index in [0.717, 1.165) is 12.0 Å². The summed E-state index contributed by atoms with van der Waals surface area (Å²) in [6, 6.07) is 12.5. The van der Waals surface area contributed by atoms with Gasteiger partial charge in [-0.15, -0.1) is 0 Å². The number of nitrogens with zero attached hydrogens (tertiary/aromatic N) is 1. The quantitative estimate of drug-likeness (QED) is 0.413. The monoisotopic (exact) mass is 509 g/mol. The molecule has 3 amide bonds. The van der Waals surface area contributed by atoms with Gasteiger partial charge in [0, 0.05) is 12.2 Å². The van der Waals surface area contributed by atoms with Crippen LogP contribution in [0.15, 0.2) is 55.1 Å². The molecule has 2 atom stereocenters. The van der Waals surface area contributed by atoms with Gasteiger partial charge in [-0.25, -0.2) is 4.79 Å². The Bertz CT molecular complexity index is 1080. The molecule has 0 saturated carbocycles. The van der Waals surface area contributed by atoms with E-state index in [2.05, 4.69) is 17.2 Å². The maximum atomic E-state index is 13.7. The van der Waals surface area contributed by atoms with Crippen LogP contribution < -0.4 is 15.4 Å². The maximum absolute atomic E-state index is 13.7. The Balaban J connectivity index is 2.44. The Morgan fingerprint density at radius 1 is 1.11 bits per heavy atom. The van der Waals surface area contributed by atoms with Gasteiger partial charge in [0.1, 0.15) is 23.4 Å². The van der Waals surface area contributed by atoms with E-state index in [-0.39, 0.29) is 5.91 Å². The highest BCUT2D eigenvalue weighted by atomic mass is 16.6. The van der Waals surface area contributed by atoms with Crippen LogP contribution in [0.5, 0.6) is 5.75 Å². The molecule has 0 radical (unpaired) electrons. The van der Waals surface area contributed by atoms with Gasteiger partial charge in [0.15, 0.2) is 0 Å². The highest BCUT2D eigenvalue weighted by molar-refractivity contribution is 5.99. The van der Waals surface area contributed by atoms with Gasteiger partial charge in [0.05, 0.1) is 7.11 Å². The summed E-state index contributed by atoms with van der Waals surface area (Å²) in [4.78, 5) is 41.3. The molecule has 8 nitrogen and oxygen atoms in total. The molecule has 2 aromatic rings. The van der Waals surface area contributed by atoms with Crippen LogP contribution in [0.4, 0.5) is 10.5 Å². The number of hydrogen-bond donors (Lipinski definition) is 2. The molecule has 200 valence electrons. The first-order valence-electron chi connectivity index (χ1n) is 12.5. The fraction of sp³-hybridized carbons (Fsp3) is 0.414. The SMILES string of the molecule is C=Cc1cccc(C(C(=O)Nc2ccc(OC)cc2)N(CCCC)C(=O)C(C)NC(=O)OC(C)(C)C)c1. The average molecular weight is 510 g/mol. The van der Waals surface area contributed by atoms with E-state index >= 15 is 0 Å². The van der Waals surface area contributed by atoms with Crippen molar-refractivity contribution in [3.63, 3.8) is 0 Å². The Hall–Kier alpha value is -3.81. The molecule has 0 aliphatic carbocycles. The van der Waals surface area contributed by atoms with Crippen LogP contribution in [-0.4, -0.2) is 48.1 Å². The lowest BCUT2D eigenvalue weighted by molar-refractivity contribution is -0.140. The minimum Gasteiger partial charge on any atom is -0.497 e. The predicted molar refractivity (Wildman–Crippen MR) is 146 cm³/mol. The van der Waals surface area contributed by atoms with E-state index in [1.807, 2.05) is 31.2 Å². The van der Waals surface area contributed by atoms with E-state index in [4.69, 9.17) is 9.47 Å². The lowest BCUT2D eigenvalue weighted by Crippen LogP contribution is -2.51. The topological polar surface area (TPSA) is 97.0 Å². The standard InChI is InChI=1S/C29H39N3O5/c1-8-10-18-32(27(34)20(3)30-28(35)37-29(4,5)6)25(22-13-11-12-21(9-2)19-22)26(33)31-23-14-16-24(36-7)17-15-23/h9,11-17,19-20,25H,2,8,10,18H2,1,3-7H3,(H,30,35)(H,31,33). The second kappa shape index (κ2) is 13.5. The highest BCUT2D eigenvalue weighted by Gasteiger charge is 2.34. The lowest BCUT2D eigenvalue weighted by atomic mass is 10.00. The molecule has 8 heteroatoms. The molecule has 2 N–H and O–H groups in total. The third-order valence-electron chi connectivity index (χ3n) is 5.52. The second-order valence-corrected chi connectivity index (χ2v) is 9.75. The lowest BCUT2D eigenvalue weighted by Gasteiger charge is -2.34. The Morgan fingerprint density at radius 2 is 1.78 bits per heavy atom. The van der Waals surface area contributed by atoms with Crippen molar-refractivity contribution in [3.05, 3.63) is 66.2 Å². The zero-order valence-electron chi connectivity index (χ0n) is 22.7. The van der Waals surface area contributed by atoms with Crippen LogP contribution in [0.3, 0.4) is 0 Å². The van der Waals surface area contributed by atoms with Crippen LogP contribution in [0.25, 0.3) is 6.08 Å². The largest absolute Gasteiger partial charge is 0.497 e. The number of alkyl carbamates (subject to hydrolysis) is 1. The number of rotatable bonds is 11. The number of carbonyl (C=O) groups is 3. The van der Waals surface area contributed by atoms with Crippen LogP contribution in [0.1, 0.15) is 64.6 Å². The van der Waals surface area contributed by atoms with Crippen LogP contribution in [-0.2, 0) is 14.3 Å². The fourth-order valence-corrected chi connectivity index (χ4v) is 3.70. The Morgan fingerprint density at radius 3 is 2.35 bits per heavy atom. The summed E-state index contributed by atoms with van der Waals surface area (Å²) in [5.74, 6) is -0.103. The van der Waals surface area contributed by atoms with Crippen LogP contribution in [0.2, 0.25) is 0 Å². The molecular weight excluding hydrogens is 470 g/mol. The number of benzene rings is 2. The summed E-state index contributed by atoms with van der Waals surface area (Å²) in [6.07, 6.45) is 2.49. The molecule has 0 saturated heterocycles. The normalized spacial score (nSPS) is 12.6. The van der Waals surface area contributed by atoms with Crippen molar-refractivity contribution in [2.75, 3.05) is 19.0 Å². The number of anilines is 1. The van der Waals surface area contributed by atoms with Gasteiger partial charge in [-0.2, -0.15) is 0 Å². The van der Waals surface area contributed by atoms with Crippen molar-refractivity contribution in [2.45, 2.75) is 65.1 Å². The summed E-state index contributed by atoms with van der Waals surface area (Å²) >= 11 is 0. The molecular formula is C29H39N3O5. The van der Waals surface area contributed by atoms with Crippen molar-refractivity contribution in [3.8, 4) is 5.75 Å². The summed E-state index contributed by atoms with van der Waals surface area (Å²) in [6.45, 7) is 13.0. The van der Waals surface area contributed by atoms with Gasteiger partial charge in [-0.05, 0) is 75.6 Å². The van der Waals surface area contributed by atoms with Crippen LogP contribution in [0, 0.1) is 0 Å². The number of carbonyl (C=O) groups excluding carboxylic acids is 3. The zero-order valence-corrected chi connectivity index (χ0v) is 22.7. The summed E-state index contributed by atoms with van der Waals surface area (Å²) < 4.78 is 10.5. The second-order valence-electron chi connectivity index (χ2n) is 9.75. The third kappa shape index (κ3) is 8.97. The zero-order chi connectivity index (χ0) is 27.6. The third-order valence-corrected chi connectivity index (χ3v) is 5.52. The van der Waals surface area contributed by atoms with Gasteiger partial charge in [-0.1, -0.05) is 44.2 Å². The minimum absolute atomic E-state index is 0.328. The predicted octanol–water partition coefficient (Wildman–Crippen LogP) is 5.56. The first kappa shape index (κ1) is 29.4. The van der Waals surface area contributed by atoms with E-state index in [1.165, 1.54) is 4.90 Å². The average Bonchev–Trinajstić information content (AvgIpc) is 2.85. The summed E-state index contributed by atoms with van der Waals surface area (Å²) in [5, 5.41) is 5.53. The van der Waals surface area contributed by atoms with E-state index in [1.54, 1.807) is 65.1 Å². The molecule has 0 fully saturated rings. The van der Waals surface area contributed by atoms with Gasteiger partial charge in [-0.3, -0.25) is 9.59 Å².